The number of nitrogens with one attached hydrogen (secondary N) is 1. The summed E-state index contributed by atoms with van der Waals surface area (Å²) in [7, 11) is 0. The van der Waals surface area contributed by atoms with Crippen LogP contribution in [0, 0.1) is 6.92 Å². The number of hydrogen-bond acceptors (Lipinski definition) is 4. The van der Waals surface area contributed by atoms with Crippen molar-refractivity contribution in [3.63, 3.8) is 0 Å². The highest BCUT2D eigenvalue weighted by atomic mass is 32.1. The summed E-state index contributed by atoms with van der Waals surface area (Å²) in [5, 5.41) is 3.33. The molecule has 5 nitrogen and oxygen atoms in total. The van der Waals surface area contributed by atoms with Crippen LogP contribution in [0.2, 0.25) is 0 Å². The number of carbonyl (C=O) groups is 2. The van der Waals surface area contributed by atoms with Gasteiger partial charge in [-0.25, -0.2) is 4.98 Å². The number of carbonyl (C=O) groups excluding carboxylic acids is 2. The maximum atomic E-state index is 12.7. The van der Waals surface area contributed by atoms with Crippen molar-refractivity contribution in [1.82, 2.24) is 9.88 Å². The number of nitrogens with zero attached hydrogens (tertiary/aromatic N) is 2. The van der Waals surface area contributed by atoms with Gasteiger partial charge in [-0.05, 0) is 18.6 Å². The number of aryl methyl sites for hydroxylation is 1. The molecule has 2 amide bonds. The summed E-state index contributed by atoms with van der Waals surface area (Å²) in [5.41, 5.74) is 2.72. The van der Waals surface area contributed by atoms with Crippen LogP contribution < -0.4 is 5.32 Å². The number of anilines is 1. The van der Waals surface area contributed by atoms with Crippen molar-refractivity contribution in [2.75, 3.05) is 11.9 Å². The molecule has 2 heterocycles. The van der Waals surface area contributed by atoms with Gasteiger partial charge in [-0.3, -0.25) is 9.59 Å². The highest BCUT2D eigenvalue weighted by Gasteiger charge is 2.25. The Labute approximate surface area is 133 Å². The molecule has 2 aromatic rings. The molecule has 0 fully saturated rings. The minimum atomic E-state index is -0.126. The third kappa shape index (κ3) is 2.87. The second-order valence-electron chi connectivity index (χ2n) is 5.36. The predicted octanol–water partition coefficient (Wildman–Crippen LogP) is 2.61. The van der Waals surface area contributed by atoms with Crippen molar-refractivity contribution in [3.8, 4) is 0 Å². The van der Waals surface area contributed by atoms with Gasteiger partial charge in [0.25, 0.3) is 5.91 Å². The first-order valence-corrected chi connectivity index (χ1v) is 7.97. The Kier molecular flexibility index (Phi) is 3.94. The van der Waals surface area contributed by atoms with Gasteiger partial charge in [0, 0.05) is 30.3 Å². The fourth-order valence-corrected chi connectivity index (χ4v) is 3.63. The van der Waals surface area contributed by atoms with Crippen LogP contribution in [-0.4, -0.2) is 28.2 Å². The molecule has 0 unspecified atom stereocenters. The van der Waals surface area contributed by atoms with E-state index in [-0.39, 0.29) is 11.8 Å². The summed E-state index contributed by atoms with van der Waals surface area (Å²) in [5.74, 6) is -0.0721. The molecule has 1 aliphatic heterocycles. The van der Waals surface area contributed by atoms with Crippen molar-refractivity contribution >= 4 is 28.3 Å². The van der Waals surface area contributed by atoms with Gasteiger partial charge < -0.3 is 10.2 Å². The molecule has 1 aromatic carbocycles. The lowest BCUT2D eigenvalue weighted by molar-refractivity contribution is -0.114. The summed E-state index contributed by atoms with van der Waals surface area (Å²) >= 11 is 1.45. The monoisotopic (exact) mass is 315 g/mol. The average Bonchev–Trinajstić information content (AvgIpc) is 2.87. The van der Waals surface area contributed by atoms with Gasteiger partial charge in [-0.2, -0.15) is 0 Å². The smallest absolute Gasteiger partial charge is 0.254 e. The average molecular weight is 315 g/mol. The van der Waals surface area contributed by atoms with Crippen LogP contribution in [0.3, 0.4) is 0 Å². The Bertz CT molecular complexity index is 739. The third-order valence-electron chi connectivity index (χ3n) is 3.68. The van der Waals surface area contributed by atoms with E-state index in [2.05, 4.69) is 10.3 Å². The lowest BCUT2D eigenvalue weighted by atomic mass is 10.1. The zero-order valence-corrected chi connectivity index (χ0v) is 13.4. The zero-order chi connectivity index (χ0) is 15.7. The number of thiazole rings is 1. The van der Waals surface area contributed by atoms with Gasteiger partial charge in [0.05, 0.1) is 12.2 Å². The van der Waals surface area contributed by atoms with Crippen molar-refractivity contribution in [2.45, 2.75) is 26.8 Å². The van der Waals surface area contributed by atoms with Gasteiger partial charge in [0.15, 0.2) is 5.13 Å². The van der Waals surface area contributed by atoms with Gasteiger partial charge in [-0.1, -0.05) is 29.5 Å². The van der Waals surface area contributed by atoms with E-state index >= 15 is 0 Å². The molecule has 0 bridgehead atoms. The molecular weight excluding hydrogens is 298 g/mol. The first-order chi connectivity index (χ1) is 10.5. The normalized spacial score (nSPS) is 13.6. The Morgan fingerprint density at radius 2 is 2.09 bits per heavy atom. The van der Waals surface area contributed by atoms with Crippen molar-refractivity contribution < 1.29 is 9.59 Å². The van der Waals surface area contributed by atoms with Crippen LogP contribution in [0.5, 0.6) is 0 Å². The van der Waals surface area contributed by atoms with Gasteiger partial charge in [0.2, 0.25) is 5.91 Å². The van der Waals surface area contributed by atoms with Gasteiger partial charge >= 0.3 is 0 Å². The van der Waals surface area contributed by atoms with Gasteiger partial charge in [-0.15, -0.1) is 0 Å². The molecule has 1 aliphatic rings. The van der Waals surface area contributed by atoms with E-state index in [0.29, 0.717) is 18.2 Å². The van der Waals surface area contributed by atoms with E-state index in [4.69, 9.17) is 0 Å². The van der Waals surface area contributed by atoms with E-state index in [1.54, 1.807) is 0 Å². The van der Waals surface area contributed by atoms with E-state index in [0.717, 1.165) is 28.1 Å². The Balaban J connectivity index is 1.79. The number of rotatable bonds is 2. The fraction of sp³-hybridized carbons (Fsp3) is 0.312. The summed E-state index contributed by atoms with van der Waals surface area (Å²) in [4.78, 5) is 31.1. The van der Waals surface area contributed by atoms with E-state index in [1.807, 2.05) is 36.1 Å². The van der Waals surface area contributed by atoms with E-state index < -0.39 is 0 Å². The molecule has 1 N–H and O–H groups in total. The topological polar surface area (TPSA) is 62.3 Å². The minimum absolute atomic E-state index is 0.0539. The van der Waals surface area contributed by atoms with Crippen LogP contribution in [0.1, 0.15) is 33.4 Å². The third-order valence-corrected chi connectivity index (χ3v) is 4.67. The summed E-state index contributed by atoms with van der Waals surface area (Å²) in [6.07, 6.45) is 0.725. The molecule has 0 atom stereocenters. The van der Waals surface area contributed by atoms with Crippen molar-refractivity contribution in [3.05, 3.63) is 46.0 Å². The zero-order valence-electron chi connectivity index (χ0n) is 12.5. The molecule has 1 aromatic heterocycles. The van der Waals surface area contributed by atoms with E-state index in [1.165, 1.54) is 18.3 Å². The largest absolute Gasteiger partial charge is 0.333 e. The second-order valence-corrected chi connectivity index (χ2v) is 6.45. The lowest BCUT2D eigenvalue weighted by Gasteiger charge is -2.26. The molecule has 0 spiro atoms. The number of fused-ring (bicyclic) bond motifs is 1. The van der Waals surface area contributed by atoms with Gasteiger partial charge in [0.1, 0.15) is 0 Å². The van der Waals surface area contributed by atoms with Crippen molar-refractivity contribution in [1.29, 1.82) is 0 Å². The Morgan fingerprint density at radius 1 is 1.32 bits per heavy atom. The lowest BCUT2D eigenvalue weighted by Crippen LogP contribution is -2.35. The summed E-state index contributed by atoms with van der Waals surface area (Å²) < 4.78 is 0. The molecule has 0 radical (unpaired) electrons. The Morgan fingerprint density at radius 3 is 2.82 bits per heavy atom. The van der Waals surface area contributed by atoms with Crippen LogP contribution >= 0.6 is 11.3 Å². The highest BCUT2D eigenvalue weighted by molar-refractivity contribution is 7.15. The first kappa shape index (κ1) is 14.7. The molecule has 0 saturated heterocycles. The highest BCUT2D eigenvalue weighted by Crippen LogP contribution is 2.29. The minimum Gasteiger partial charge on any atom is -0.333 e. The molecule has 6 heteroatoms. The standard InChI is InChI=1S/C16H17N3O2S/c1-10-5-3-4-6-12(10)15(21)19-8-7-13-14(9-19)22-16(18-13)17-11(2)20/h3-6H,7-9H2,1-2H3,(H,17,18,20). The van der Waals surface area contributed by atoms with Crippen LogP contribution in [-0.2, 0) is 17.8 Å². The van der Waals surface area contributed by atoms with E-state index in [9.17, 15) is 9.59 Å². The van der Waals surface area contributed by atoms with Crippen molar-refractivity contribution in [2.24, 2.45) is 0 Å². The molecule has 3 rings (SSSR count). The maximum absolute atomic E-state index is 12.7. The van der Waals surface area contributed by atoms with Crippen LogP contribution in [0.4, 0.5) is 5.13 Å². The summed E-state index contributed by atoms with van der Waals surface area (Å²) in [6.45, 7) is 4.63. The fourth-order valence-electron chi connectivity index (χ4n) is 2.56. The SMILES string of the molecule is CC(=O)Nc1nc2c(s1)CN(C(=O)c1ccccc1C)CC2. The number of amides is 2. The Hall–Kier alpha value is -2.21. The molecule has 114 valence electrons. The first-order valence-electron chi connectivity index (χ1n) is 7.15. The number of benzene rings is 1. The molecule has 0 aliphatic carbocycles. The molecule has 0 saturated carbocycles. The second kappa shape index (κ2) is 5.88. The maximum Gasteiger partial charge on any atom is 0.254 e. The quantitative estimate of drug-likeness (QED) is 0.926. The van der Waals surface area contributed by atoms with Crippen LogP contribution in [0.15, 0.2) is 24.3 Å². The molecular formula is C16H17N3O2S. The number of aromatic nitrogens is 1. The summed E-state index contributed by atoms with van der Waals surface area (Å²) in [6, 6.07) is 7.63. The predicted molar refractivity (Wildman–Crippen MR) is 86.0 cm³/mol. The number of hydrogen-bond donors (Lipinski definition) is 1. The molecule has 22 heavy (non-hydrogen) atoms. The van der Waals surface area contributed by atoms with Crippen LogP contribution in [0.25, 0.3) is 0 Å².